The van der Waals surface area contributed by atoms with Crippen LogP contribution in [0.4, 0.5) is 0 Å². The standard InChI is InChI=1S/C12H25NO4S/c1-11(2)17-8-9-18(15,16)13-10-12(14)6-4-3-5-7-12/h11,13-14H,3-10H2,1-2H3. The molecule has 0 spiro atoms. The second-order valence-electron chi connectivity index (χ2n) is 5.34. The van der Waals surface area contributed by atoms with Gasteiger partial charge in [0.25, 0.3) is 0 Å². The van der Waals surface area contributed by atoms with Crippen molar-refractivity contribution in [3.05, 3.63) is 0 Å². The van der Waals surface area contributed by atoms with Crippen molar-refractivity contribution in [1.29, 1.82) is 0 Å². The first kappa shape index (κ1) is 15.9. The number of hydrogen-bond acceptors (Lipinski definition) is 4. The van der Waals surface area contributed by atoms with Gasteiger partial charge in [0.2, 0.25) is 10.0 Å². The van der Waals surface area contributed by atoms with Crippen LogP contribution < -0.4 is 4.72 Å². The molecule has 18 heavy (non-hydrogen) atoms. The van der Waals surface area contributed by atoms with Crippen molar-refractivity contribution >= 4 is 10.0 Å². The third-order valence-electron chi connectivity index (χ3n) is 3.21. The van der Waals surface area contributed by atoms with E-state index in [2.05, 4.69) is 4.72 Å². The normalized spacial score (nSPS) is 20.2. The Morgan fingerprint density at radius 1 is 1.28 bits per heavy atom. The van der Waals surface area contributed by atoms with Gasteiger partial charge in [-0.05, 0) is 26.7 Å². The molecule has 1 aliphatic rings. The maximum absolute atomic E-state index is 11.7. The Morgan fingerprint density at radius 2 is 1.89 bits per heavy atom. The maximum atomic E-state index is 11.7. The van der Waals surface area contributed by atoms with E-state index in [-0.39, 0.29) is 25.0 Å². The number of rotatable bonds is 7. The average Bonchev–Trinajstić information content (AvgIpc) is 2.27. The van der Waals surface area contributed by atoms with Crippen molar-refractivity contribution in [3.63, 3.8) is 0 Å². The van der Waals surface area contributed by atoms with Crippen LogP contribution in [0.2, 0.25) is 0 Å². The SMILES string of the molecule is CC(C)OCCS(=O)(=O)NCC1(O)CCCCC1. The van der Waals surface area contributed by atoms with E-state index in [0.717, 1.165) is 19.3 Å². The van der Waals surface area contributed by atoms with Gasteiger partial charge in [0.15, 0.2) is 0 Å². The first-order valence-corrected chi connectivity index (χ1v) is 8.30. The topological polar surface area (TPSA) is 75.6 Å². The van der Waals surface area contributed by atoms with Crippen molar-refractivity contribution in [2.45, 2.75) is 57.7 Å². The summed E-state index contributed by atoms with van der Waals surface area (Å²) >= 11 is 0. The maximum Gasteiger partial charge on any atom is 0.213 e. The molecule has 1 aliphatic carbocycles. The molecule has 0 unspecified atom stereocenters. The second-order valence-corrected chi connectivity index (χ2v) is 7.27. The Hall–Kier alpha value is -0.170. The van der Waals surface area contributed by atoms with E-state index < -0.39 is 15.6 Å². The molecule has 0 aromatic rings. The van der Waals surface area contributed by atoms with E-state index in [1.165, 1.54) is 0 Å². The molecule has 0 heterocycles. The molecule has 0 saturated heterocycles. The highest BCUT2D eigenvalue weighted by Crippen LogP contribution is 2.27. The van der Waals surface area contributed by atoms with Crippen molar-refractivity contribution < 1.29 is 18.3 Å². The number of aliphatic hydroxyl groups is 1. The van der Waals surface area contributed by atoms with E-state index in [9.17, 15) is 13.5 Å². The largest absolute Gasteiger partial charge is 0.389 e. The van der Waals surface area contributed by atoms with Gasteiger partial charge < -0.3 is 9.84 Å². The molecule has 0 aromatic heterocycles. The summed E-state index contributed by atoms with van der Waals surface area (Å²) in [6, 6.07) is 0. The van der Waals surface area contributed by atoms with Crippen molar-refractivity contribution in [1.82, 2.24) is 4.72 Å². The lowest BCUT2D eigenvalue weighted by Crippen LogP contribution is -2.45. The number of nitrogens with one attached hydrogen (secondary N) is 1. The lowest BCUT2D eigenvalue weighted by molar-refractivity contribution is 0.00937. The zero-order chi connectivity index (χ0) is 13.6. The van der Waals surface area contributed by atoms with Gasteiger partial charge in [-0.25, -0.2) is 13.1 Å². The van der Waals surface area contributed by atoms with Gasteiger partial charge in [-0.1, -0.05) is 19.3 Å². The van der Waals surface area contributed by atoms with Crippen LogP contribution in [0.1, 0.15) is 46.0 Å². The Labute approximate surface area is 110 Å². The van der Waals surface area contributed by atoms with E-state index in [1.807, 2.05) is 13.8 Å². The molecule has 0 amide bonds. The summed E-state index contributed by atoms with van der Waals surface area (Å²) in [6.07, 6.45) is 4.44. The van der Waals surface area contributed by atoms with E-state index >= 15 is 0 Å². The van der Waals surface area contributed by atoms with Gasteiger partial charge in [-0.2, -0.15) is 0 Å². The molecule has 1 fully saturated rings. The molecular weight excluding hydrogens is 254 g/mol. The summed E-state index contributed by atoms with van der Waals surface area (Å²) in [6.45, 7) is 4.04. The molecule has 0 radical (unpaired) electrons. The molecule has 0 bridgehead atoms. The zero-order valence-electron chi connectivity index (χ0n) is 11.3. The lowest BCUT2D eigenvalue weighted by Gasteiger charge is -2.32. The molecule has 108 valence electrons. The van der Waals surface area contributed by atoms with Crippen LogP contribution in [0.15, 0.2) is 0 Å². The number of sulfonamides is 1. The Morgan fingerprint density at radius 3 is 2.44 bits per heavy atom. The van der Waals surface area contributed by atoms with E-state index in [4.69, 9.17) is 4.74 Å². The summed E-state index contributed by atoms with van der Waals surface area (Å²) in [7, 11) is -3.35. The van der Waals surface area contributed by atoms with E-state index in [1.54, 1.807) is 0 Å². The van der Waals surface area contributed by atoms with Crippen LogP contribution in [0, 0.1) is 0 Å². The fourth-order valence-electron chi connectivity index (χ4n) is 2.10. The predicted octanol–water partition coefficient (Wildman–Crippen LogP) is 1.03. The quantitative estimate of drug-likeness (QED) is 0.730. The Balaban J connectivity index is 2.32. The summed E-state index contributed by atoms with van der Waals surface area (Å²) in [5.74, 6) is -0.0543. The Bertz CT molecular complexity index is 334. The molecule has 1 saturated carbocycles. The fourth-order valence-corrected chi connectivity index (χ4v) is 3.05. The van der Waals surface area contributed by atoms with Crippen LogP contribution in [-0.2, 0) is 14.8 Å². The summed E-state index contributed by atoms with van der Waals surface area (Å²) in [5.41, 5.74) is -0.857. The van der Waals surface area contributed by atoms with Gasteiger partial charge in [0.05, 0.1) is 24.1 Å². The number of hydrogen-bond donors (Lipinski definition) is 2. The van der Waals surface area contributed by atoms with Gasteiger partial charge in [0, 0.05) is 6.54 Å². The fraction of sp³-hybridized carbons (Fsp3) is 1.00. The van der Waals surface area contributed by atoms with Crippen molar-refractivity contribution in [3.8, 4) is 0 Å². The highest BCUT2D eigenvalue weighted by molar-refractivity contribution is 7.89. The van der Waals surface area contributed by atoms with Gasteiger partial charge in [0.1, 0.15) is 0 Å². The minimum atomic E-state index is -3.35. The summed E-state index contributed by atoms with van der Waals surface area (Å²) in [5, 5.41) is 10.2. The molecule has 0 aromatic carbocycles. The minimum absolute atomic E-state index is 0.0303. The van der Waals surface area contributed by atoms with Crippen molar-refractivity contribution in [2.24, 2.45) is 0 Å². The van der Waals surface area contributed by atoms with Crippen LogP contribution in [-0.4, -0.2) is 44.1 Å². The second kappa shape index (κ2) is 6.84. The average molecular weight is 279 g/mol. The predicted molar refractivity (Wildman–Crippen MR) is 70.9 cm³/mol. The highest BCUT2D eigenvalue weighted by Gasteiger charge is 2.30. The first-order chi connectivity index (χ1) is 8.33. The molecule has 5 nitrogen and oxygen atoms in total. The monoisotopic (exact) mass is 279 g/mol. The van der Waals surface area contributed by atoms with Gasteiger partial charge >= 0.3 is 0 Å². The van der Waals surface area contributed by atoms with Crippen molar-refractivity contribution in [2.75, 3.05) is 18.9 Å². The van der Waals surface area contributed by atoms with Gasteiger partial charge in [-0.3, -0.25) is 0 Å². The third kappa shape index (κ3) is 6.13. The highest BCUT2D eigenvalue weighted by atomic mass is 32.2. The van der Waals surface area contributed by atoms with E-state index in [0.29, 0.717) is 12.8 Å². The Kier molecular flexibility index (Phi) is 6.04. The minimum Gasteiger partial charge on any atom is -0.389 e. The van der Waals surface area contributed by atoms with Gasteiger partial charge in [-0.15, -0.1) is 0 Å². The third-order valence-corrected chi connectivity index (χ3v) is 4.50. The molecular formula is C12H25NO4S. The molecule has 6 heteroatoms. The molecule has 0 aliphatic heterocycles. The first-order valence-electron chi connectivity index (χ1n) is 6.64. The molecule has 0 atom stereocenters. The smallest absolute Gasteiger partial charge is 0.213 e. The zero-order valence-corrected chi connectivity index (χ0v) is 12.1. The summed E-state index contributed by atoms with van der Waals surface area (Å²) in [4.78, 5) is 0. The summed E-state index contributed by atoms with van der Waals surface area (Å²) < 4.78 is 31.1. The van der Waals surface area contributed by atoms with Crippen LogP contribution >= 0.6 is 0 Å². The van der Waals surface area contributed by atoms with Crippen LogP contribution in [0.5, 0.6) is 0 Å². The number of ether oxygens (including phenoxy) is 1. The molecule has 2 N–H and O–H groups in total. The lowest BCUT2D eigenvalue weighted by atomic mass is 9.85. The molecule has 1 rings (SSSR count). The van der Waals surface area contributed by atoms with Crippen LogP contribution in [0.3, 0.4) is 0 Å². The van der Waals surface area contributed by atoms with Crippen LogP contribution in [0.25, 0.3) is 0 Å².